The van der Waals surface area contributed by atoms with Gasteiger partial charge in [0.25, 0.3) is 5.91 Å². The molecule has 0 N–H and O–H groups in total. The summed E-state index contributed by atoms with van der Waals surface area (Å²) in [6.07, 6.45) is 6.39. The second-order valence-corrected chi connectivity index (χ2v) is 8.83. The van der Waals surface area contributed by atoms with E-state index in [0.29, 0.717) is 36.8 Å². The molecule has 0 aliphatic carbocycles. The lowest BCUT2D eigenvalue weighted by atomic mass is 10.1. The van der Waals surface area contributed by atoms with Crippen LogP contribution >= 0.6 is 11.3 Å². The SMILES string of the molecule is CCCCCCOc1ccc(C(=O)N2CCN(c3nc4cccnc4s3)CC2)cc1OC. The van der Waals surface area contributed by atoms with Gasteiger partial charge in [0.1, 0.15) is 10.3 Å². The van der Waals surface area contributed by atoms with Crippen molar-refractivity contribution in [3.63, 3.8) is 0 Å². The number of carbonyl (C=O) groups is 1. The Balaban J connectivity index is 1.35. The van der Waals surface area contributed by atoms with Gasteiger partial charge in [-0.1, -0.05) is 37.5 Å². The number of piperazine rings is 1. The summed E-state index contributed by atoms with van der Waals surface area (Å²) in [5.41, 5.74) is 1.54. The van der Waals surface area contributed by atoms with Crippen molar-refractivity contribution in [3.8, 4) is 11.5 Å². The van der Waals surface area contributed by atoms with Gasteiger partial charge in [-0.15, -0.1) is 0 Å². The minimum absolute atomic E-state index is 0.0170. The molecule has 0 bridgehead atoms. The molecule has 170 valence electrons. The van der Waals surface area contributed by atoms with E-state index in [2.05, 4.69) is 21.8 Å². The van der Waals surface area contributed by atoms with Gasteiger partial charge in [-0.2, -0.15) is 0 Å². The van der Waals surface area contributed by atoms with Crippen molar-refractivity contribution in [1.82, 2.24) is 14.9 Å². The van der Waals surface area contributed by atoms with Gasteiger partial charge in [-0.3, -0.25) is 4.79 Å². The average molecular weight is 455 g/mol. The van der Waals surface area contributed by atoms with Crippen LogP contribution in [0.1, 0.15) is 43.0 Å². The van der Waals surface area contributed by atoms with Gasteiger partial charge in [0, 0.05) is 37.9 Å². The maximum Gasteiger partial charge on any atom is 0.254 e. The number of benzene rings is 1. The summed E-state index contributed by atoms with van der Waals surface area (Å²) in [4.78, 5) is 27.2. The average Bonchev–Trinajstić information content (AvgIpc) is 3.28. The number of anilines is 1. The van der Waals surface area contributed by atoms with Crippen LogP contribution in [-0.4, -0.2) is 60.7 Å². The van der Waals surface area contributed by atoms with E-state index in [4.69, 9.17) is 9.47 Å². The normalized spacial score (nSPS) is 14.1. The molecular formula is C24H30N4O3S. The van der Waals surface area contributed by atoms with Crippen molar-refractivity contribution >= 4 is 32.7 Å². The highest BCUT2D eigenvalue weighted by molar-refractivity contribution is 7.21. The Bertz CT molecular complexity index is 1010. The fourth-order valence-corrected chi connectivity index (χ4v) is 4.77. The number of rotatable bonds is 9. The number of methoxy groups -OCH3 is 1. The first-order chi connectivity index (χ1) is 15.7. The van der Waals surface area contributed by atoms with Gasteiger partial charge < -0.3 is 19.3 Å². The van der Waals surface area contributed by atoms with Gasteiger partial charge >= 0.3 is 0 Å². The molecule has 1 aliphatic heterocycles. The van der Waals surface area contributed by atoms with Crippen molar-refractivity contribution in [2.75, 3.05) is 44.8 Å². The molecule has 4 rings (SSSR count). The summed E-state index contributed by atoms with van der Waals surface area (Å²) in [7, 11) is 1.61. The van der Waals surface area contributed by atoms with E-state index in [0.717, 1.165) is 41.4 Å². The van der Waals surface area contributed by atoms with Crippen LogP contribution in [0.2, 0.25) is 0 Å². The lowest BCUT2D eigenvalue weighted by Gasteiger charge is -2.34. The Kier molecular flexibility index (Phi) is 7.42. The fourth-order valence-electron chi connectivity index (χ4n) is 3.81. The second-order valence-electron chi connectivity index (χ2n) is 7.88. The van der Waals surface area contributed by atoms with Gasteiger partial charge in [0.05, 0.1) is 13.7 Å². The summed E-state index contributed by atoms with van der Waals surface area (Å²) in [6, 6.07) is 9.34. The van der Waals surface area contributed by atoms with E-state index in [-0.39, 0.29) is 5.91 Å². The number of amides is 1. The second kappa shape index (κ2) is 10.6. The van der Waals surface area contributed by atoms with Crippen molar-refractivity contribution in [1.29, 1.82) is 0 Å². The van der Waals surface area contributed by atoms with Gasteiger partial charge in [-0.25, -0.2) is 9.97 Å². The zero-order valence-corrected chi connectivity index (χ0v) is 19.6. The molecule has 0 spiro atoms. The minimum Gasteiger partial charge on any atom is -0.493 e. The fraction of sp³-hybridized carbons (Fsp3) is 0.458. The zero-order valence-electron chi connectivity index (χ0n) is 18.7. The minimum atomic E-state index is 0.0170. The summed E-state index contributed by atoms with van der Waals surface area (Å²) in [5, 5.41) is 0.966. The first kappa shape index (κ1) is 22.3. The van der Waals surface area contributed by atoms with Gasteiger partial charge in [-0.05, 0) is 36.8 Å². The topological polar surface area (TPSA) is 67.8 Å². The number of pyridine rings is 1. The first-order valence-electron chi connectivity index (χ1n) is 11.3. The Labute approximate surface area is 193 Å². The smallest absolute Gasteiger partial charge is 0.254 e. The molecule has 0 atom stereocenters. The number of unbranched alkanes of at least 4 members (excludes halogenated alkanes) is 3. The summed E-state index contributed by atoms with van der Waals surface area (Å²) in [5.74, 6) is 1.31. The maximum atomic E-state index is 13.1. The Morgan fingerprint density at radius 3 is 2.69 bits per heavy atom. The number of aromatic nitrogens is 2. The van der Waals surface area contributed by atoms with Crippen molar-refractivity contribution < 1.29 is 14.3 Å². The Morgan fingerprint density at radius 2 is 1.94 bits per heavy atom. The molecule has 8 heteroatoms. The highest BCUT2D eigenvalue weighted by atomic mass is 32.1. The van der Waals surface area contributed by atoms with Crippen LogP contribution in [0.5, 0.6) is 11.5 Å². The van der Waals surface area contributed by atoms with Crippen LogP contribution < -0.4 is 14.4 Å². The third kappa shape index (κ3) is 5.12. The summed E-state index contributed by atoms with van der Waals surface area (Å²) in [6.45, 7) is 5.66. The largest absolute Gasteiger partial charge is 0.493 e. The third-order valence-electron chi connectivity index (χ3n) is 5.66. The predicted molar refractivity (Wildman–Crippen MR) is 128 cm³/mol. The van der Waals surface area contributed by atoms with Crippen molar-refractivity contribution in [3.05, 3.63) is 42.1 Å². The van der Waals surface area contributed by atoms with Gasteiger partial charge in [0.2, 0.25) is 0 Å². The number of hydrogen-bond acceptors (Lipinski definition) is 7. The van der Waals surface area contributed by atoms with Crippen molar-refractivity contribution in [2.45, 2.75) is 32.6 Å². The van der Waals surface area contributed by atoms with E-state index in [1.165, 1.54) is 12.8 Å². The van der Waals surface area contributed by atoms with Crippen molar-refractivity contribution in [2.24, 2.45) is 0 Å². The molecule has 0 unspecified atom stereocenters. The van der Waals surface area contributed by atoms with Crippen LogP contribution in [0, 0.1) is 0 Å². The van der Waals surface area contributed by atoms with E-state index >= 15 is 0 Å². The molecular weight excluding hydrogens is 424 g/mol. The molecule has 1 saturated heterocycles. The van der Waals surface area contributed by atoms with Crippen LogP contribution in [0.4, 0.5) is 5.13 Å². The molecule has 1 aliphatic rings. The van der Waals surface area contributed by atoms with Crippen LogP contribution in [0.15, 0.2) is 36.5 Å². The predicted octanol–water partition coefficient (Wildman–Crippen LogP) is 4.62. The highest BCUT2D eigenvalue weighted by Crippen LogP contribution is 2.30. The number of hydrogen-bond donors (Lipinski definition) is 0. The molecule has 0 saturated carbocycles. The molecule has 32 heavy (non-hydrogen) atoms. The quantitative estimate of drug-likeness (QED) is 0.440. The van der Waals surface area contributed by atoms with E-state index in [9.17, 15) is 4.79 Å². The summed E-state index contributed by atoms with van der Waals surface area (Å²) >= 11 is 1.60. The highest BCUT2D eigenvalue weighted by Gasteiger charge is 2.25. The number of fused-ring (bicyclic) bond motifs is 1. The number of carbonyl (C=O) groups excluding carboxylic acids is 1. The molecule has 1 aromatic carbocycles. The Hall–Kier alpha value is -2.87. The molecule has 7 nitrogen and oxygen atoms in total. The Morgan fingerprint density at radius 1 is 1.09 bits per heavy atom. The van der Waals surface area contributed by atoms with E-state index in [1.54, 1.807) is 30.7 Å². The molecule has 3 aromatic rings. The molecule has 1 fully saturated rings. The third-order valence-corrected chi connectivity index (χ3v) is 6.70. The molecule has 1 amide bonds. The number of ether oxygens (including phenoxy) is 2. The maximum absolute atomic E-state index is 13.1. The molecule has 3 heterocycles. The standard InChI is InChI=1S/C24H30N4O3S/c1-3-4-5-6-16-31-20-10-9-18(17-21(20)30-2)23(29)27-12-14-28(15-13-27)24-26-19-8-7-11-25-22(19)32-24/h7-11,17H,3-6,12-16H2,1-2H3. The van der Waals surface area contributed by atoms with Crippen LogP contribution in [0.3, 0.4) is 0 Å². The zero-order chi connectivity index (χ0) is 22.3. The molecule has 0 radical (unpaired) electrons. The van der Waals surface area contributed by atoms with E-state index in [1.807, 2.05) is 29.2 Å². The lowest BCUT2D eigenvalue weighted by molar-refractivity contribution is 0.0746. The molecule has 2 aromatic heterocycles. The number of nitrogens with zero attached hydrogens (tertiary/aromatic N) is 4. The number of thiazole rings is 1. The lowest BCUT2D eigenvalue weighted by Crippen LogP contribution is -2.48. The first-order valence-corrected chi connectivity index (χ1v) is 12.1. The van der Waals surface area contributed by atoms with Crippen LogP contribution in [-0.2, 0) is 0 Å². The summed E-state index contributed by atoms with van der Waals surface area (Å²) < 4.78 is 11.4. The monoisotopic (exact) mass is 454 g/mol. The van der Waals surface area contributed by atoms with E-state index < -0.39 is 0 Å². The van der Waals surface area contributed by atoms with Crippen LogP contribution in [0.25, 0.3) is 10.3 Å². The van der Waals surface area contributed by atoms with Gasteiger partial charge in [0.15, 0.2) is 16.6 Å².